The molecule has 103 valence electrons. The number of hydrogen-bond acceptors (Lipinski definition) is 2. The zero-order valence-corrected chi connectivity index (χ0v) is 11.9. The van der Waals surface area contributed by atoms with Gasteiger partial charge in [0.25, 0.3) is 0 Å². The zero-order valence-electron chi connectivity index (χ0n) is 11.9. The molecular weight excluding hydrogens is 212 g/mol. The standard InChI is InChI=1S/C15H31O2/c1-3-5-7-9-12-16-14-11-15-17-13-10-8-6-4-2/h11H,3-10,12-15H2,1-2H3. The minimum atomic E-state index is 0.737. The van der Waals surface area contributed by atoms with Gasteiger partial charge in [-0.3, -0.25) is 0 Å². The summed E-state index contributed by atoms with van der Waals surface area (Å²) in [6.07, 6.45) is 12.3. The predicted octanol–water partition coefficient (Wildman–Crippen LogP) is 4.38. The molecule has 0 rings (SSSR count). The van der Waals surface area contributed by atoms with Gasteiger partial charge in [-0.2, -0.15) is 0 Å². The van der Waals surface area contributed by atoms with E-state index in [2.05, 4.69) is 20.3 Å². The van der Waals surface area contributed by atoms with Gasteiger partial charge < -0.3 is 9.47 Å². The van der Waals surface area contributed by atoms with E-state index in [1.165, 1.54) is 51.4 Å². The van der Waals surface area contributed by atoms with Crippen molar-refractivity contribution in [1.82, 2.24) is 0 Å². The maximum absolute atomic E-state index is 5.49. The summed E-state index contributed by atoms with van der Waals surface area (Å²) in [5.41, 5.74) is 0. The first-order chi connectivity index (χ1) is 8.41. The summed E-state index contributed by atoms with van der Waals surface area (Å²) in [6, 6.07) is 0. The second-order valence-electron chi connectivity index (χ2n) is 4.56. The summed E-state index contributed by atoms with van der Waals surface area (Å²) >= 11 is 0. The highest BCUT2D eigenvalue weighted by Gasteiger charge is 1.92. The van der Waals surface area contributed by atoms with Crippen molar-refractivity contribution in [2.24, 2.45) is 0 Å². The van der Waals surface area contributed by atoms with Crippen LogP contribution in [0, 0.1) is 6.42 Å². The van der Waals surface area contributed by atoms with Gasteiger partial charge in [0.15, 0.2) is 0 Å². The minimum Gasteiger partial charge on any atom is -0.381 e. The van der Waals surface area contributed by atoms with Crippen molar-refractivity contribution in [2.75, 3.05) is 26.4 Å². The molecular formula is C15H31O2. The Bertz CT molecular complexity index is 112. The third kappa shape index (κ3) is 15.9. The van der Waals surface area contributed by atoms with Crippen molar-refractivity contribution in [3.05, 3.63) is 6.42 Å². The first-order valence-electron chi connectivity index (χ1n) is 7.39. The normalized spacial score (nSPS) is 10.9. The van der Waals surface area contributed by atoms with E-state index in [1.807, 2.05) is 0 Å². The molecule has 0 aliphatic rings. The fourth-order valence-corrected chi connectivity index (χ4v) is 1.64. The fourth-order valence-electron chi connectivity index (χ4n) is 1.64. The van der Waals surface area contributed by atoms with Crippen molar-refractivity contribution in [1.29, 1.82) is 0 Å². The molecule has 0 aliphatic carbocycles. The average molecular weight is 243 g/mol. The number of unbranched alkanes of at least 4 members (excludes halogenated alkanes) is 6. The third-order valence-electron chi connectivity index (χ3n) is 2.76. The highest BCUT2D eigenvalue weighted by atomic mass is 16.5. The van der Waals surface area contributed by atoms with Crippen LogP contribution in [0.5, 0.6) is 0 Å². The topological polar surface area (TPSA) is 18.5 Å². The van der Waals surface area contributed by atoms with E-state index < -0.39 is 0 Å². The maximum atomic E-state index is 5.49. The Hall–Kier alpha value is -0.0800. The Kier molecular flexibility index (Phi) is 15.8. The first-order valence-corrected chi connectivity index (χ1v) is 7.39. The van der Waals surface area contributed by atoms with E-state index in [9.17, 15) is 0 Å². The molecule has 0 saturated heterocycles. The minimum absolute atomic E-state index is 0.737. The van der Waals surface area contributed by atoms with Crippen LogP contribution in [0.3, 0.4) is 0 Å². The van der Waals surface area contributed by atoms with Crippen molar-refractivity contribution in [3.8, 4) is 0 Å². The van der Waals surface area contributed by atoms with Crippen LogP contribution in [0.1, 0.15) is 65.2 Å². The Morgan fingerprint density at radius 2 is 1.12 bits per heavy atom. The van der Waals surface area contributed by atoms with Gasteiger partial charge in [0.2, 0.25) is 0 Å². The van der Waals surface area contributed by atoms with E-state index in [-0.39, 0.29) is 0 Å². The van der Waals surface area contributed by atoms with Gasteiger partial charge >= 0.3 is 0 Å². The lowest BCUT2D eigenvalue weighted by molar-refractivity contribution is 0.111. The van der Waals surface area contributed by atoms with Gasteiger partial charge in [-0.05, 0) is 12.8 Å². The molecule has 0 aromatic carbocycles. The molecule has 0 aliphatic heterocycles. The molecule has 0 bridgehead atoms. The molecule has 2 heteroatoms. The molecule has 0 N–H and O–H groups in total. The average Bonchev–Trinajstić information content (AvgIpc) is 2.35. The summed E-state index contributed by atoms with van der Waals surface area (Å²) < 4.78 is 11.0. The Labute approximate surface area is 108 Å². The third-order valence-corrected chi connectivity index (χ3v) is 2.76. The molecule has 0 saturated carbocycles. The molecule has 0 atom stereocenters. The van der Waals surface area contributed by atoms with Crippen LogP contribution in [0.2, 0.25) is 0 Å². The lowest BCUT2D eigenvalue weighted by Crippen LogP contribution is -2.04. The van der Waals surface area contributed by atoms with Crippen molar-refractivity contribution < 1.29 is 9.47 Å². The number of rotatable bonds is 14. The molecule has 0 amide bonds. The van der Waals surface area contributed by atoms with Crippen LogP contribution in [-0.2, 0) is 9.47 Å². The fraction of sp³-hybridized carbons (Fsp3) is 0.933. The van der Waals surface area contributed by atoms with Crippen molar-refractivity contribution >= 4 is 0 Å². The van der Waals surface area contributed by atoms with Crippen molar-refractivity contribution in [3.63, 3.8) is 0 Å². The molecule has 0 aromatic rings. The van der Waals surface area contributed by atoms with Crippen molar-refractivity contribution in [2.45, 2.75) is 65.2 Å². The largest absolute Gasteiger partial charge is 0.381 e. The van der Waals surface area contributed by atoms with Crippen LogP contribution in [0.25, 0.3) is 0 Å². The summed E-state index contributed by atoms with van der Waals surface area (Å²) in [6.45, 7) is 7.72. The summed E-state index contributed by atoms with van der Waals surface area (Å²) in [5, 5.41) is 0. The van der Waals surface area contributed by atoms with E-state index in [4.69, 9.17) is 9.47 Å². The lowest BCUT2D eigenvalue weighted by atomic mass is 10.2. The molecule has 0 unspecified atom stereocenters. The molecule has 1 radical (unpaired) electrons. The Balaban J connectivity index is 2.85. The van der Waals surface area contributed by atoms with Gasteiger partial charge in [0.05, 0.1) is 13.2 Å². The van der Waals surface area contributed by atoms with Crippen LogP contribution < -0.4 is 0 Å². The maximum Gasteiger partial charge on any atom is 0.0520 e. The quantitative estimate of drug-likeness (QED) is 0.421. The summed E-state index contributed by atoms with van der Waals surface area (Å²) in [5.74, 6) is 0. The molecule has 0 fully saturated rings. The van der Waals surface area contributed by atoms with E-state index >= 15 is 0 Å². The highest BCUT2D eigenvalue weighted by molar-refractivity contribution is 4.61. The highest BCUT2D eigenvalue weighted by Crippen LogP contribution is 2.00. The lowest BCUT2D eigenvalue weighted by Gasteiger charge is -2.05. The van der Waals surface area contributed by atoms with Gasteiger partial charge in [-0.1, -0.05) is 52.4 Å². The zero-order chi connectivity index (χ0) is 12.6. The van der Waals surface area contributed by atoms with E-state index in [0.29, 0.717) is 0 Å². The number of hydrogen-bond donors (Lipinski definition) is 0. The SMILES string of the molecule is CCCCCCOC[CH]COCCCCCC. The molecule has 0 aromatic heterocycles. The van der Waals surface area contributed by atoms with E-state index in [0.717, 1.165) is 26.4 Å². The monoisotopic (exact) mass is 243 g/mol. The van der Waals surface area contributed by atoms with E-state index in [1.54, 1.807) is 0 Å². The summed E-state index contributed by atoms with van der Waals surface area (Å²) in [7, 11) is 0. The van der Waals surface area contributed by atoms with Gasteiger partial charge in [0.1, 0.15) is 0 Å². The Morgan fingerprint density at radius 1 is 0.647 bits per heavy atom. The smallest absolute Gasteiger partial charge is 0.0520 e. The second-order valence-corrected chi connectivity index (χ2v) is 4.56. The van der Waals surface area contributed by atoms with Gasteiger partial charge in [-0.15, -0.1) is 0 Å². The molecule has 0 heterocycles. The first kappa shape index (κ1) is 16.9. The number of ether oxygens (including phenoxy) is 2. The molecule has 17 heavy (non-hydrogen) atoms. The molecule has 2 nitrogen and oxygen atoms in total. The Morgan fingerprint density at radius 3 is 1.53 bits per heavy atom. The van der Waals surface area contributed by atoms with Crippen LogP contribution in [0.15, 0.2) is 0 Å². The second kappa shape index (κ2) is 15.9. The van der Waals surface area contributed by atoms with Crippen LogP contribution in [-0.4, -0.2) is 26.4 Å². The van der Waals surface area contributed by atoms with Crippen LogP contribution in [0.4, 0.5) is 0 Å². The van der Waals surface area contributed by atoms with Gasteiger partial charge in [0, 0.05) is 19.6 Å². The predicted molar refractivity (Wildman–Crippen MR) is 74.2 cm³/mol. The van der Waals surface area contributed by atoms with Gasteiger partial charge in [-0.25, -0.2) is 0 Å². The summed E-state index contributed by atoms with van der Waals surface area (Å²) in [4.78, 5) is 0. The van der Waals surface area contributed by atoms with Crippen LogP contribution >= 0.6 is 0 Å². The molecule has 0 spiro atoms.